The molecule has 4 rings (SSSR count). The molecule has 1 N–H and O–H groups in total. The van der Waals surface area contributed by atoms with Gasteiger partial charge in [0.1, 0.15) is 10.8 Å². The SMILES string of the molecule is CCOCCn1c(=NC(=O)CSCC(=O)Nc2sc3c(c2C(=O)OC)CCC(C)C3)sc2cc(OC)ccc21. The number of thioether (sulfide) groups is 1. The number of thiophene rings is 1. The lowest BCUT2D eigenvalue weighted by molar-refractivity contribution is -0.115. The van der Waals surface area contributed by atoms with Gasteiger partial charge in [0.2, 0.25) is 5.91 Å². The zero-order chi connectivity index (χ0) is 27.9. The summed E-state index contributed by atoms with van der Waals surface area (Å²) < 4.78 is 18.8. The highest BCUT2D eigenvalue weighted by Gasteiger charge is 2.28. The number of carbonyl (C=O) groups is 3. The van der Waals surface area contributed by atoms with Crippen LogP contribution in [0.15, 0.2) is 23.2 Å². The van der Waals surface area contributed by atoms with Crippen LogP contribution in [0.5, 0.6) is 5.75 Å². The van der Waals surface area contributed by atoms with E-state index in [4.69, 9.17) is 14.2 Å². The maximum atomic E-state index is 12.7. The molecule has 0 fully saturated rings. The molecule has 39 heavy (non-hydrogen) atoms. The van der Waals surface area contributed by atoms with Crippen molar-refractivity contribution < 1.29 is 28.6 Å². The van der Waals surface area contributed by atoms with Crippen molar-refractivity contribution >= 4 is 67.4 Å². The number of rotatable bonds is 11. The number of carbonyl (C=O) groups excluding carboxylic acids is 3. The summed E-state index contributed by atoms with van der Waals surface area (Å²) in [4.78, 5) is 44.0. The third-order valence-corrected chi connectivity index (χ3v) is 9.51. The lowest BCUT2D eigenvalue weighted by Gasteiger charge is -2.18. The molecular weight excluding hydrogens is 559 g/mol. The number of benzene rings is 1. The Morgan fingerprint density at radius 3 is 2.77 bits per heavy atom. The van der Waals surface area contributed by atoms with Crippen LogP contribution >= 0.6 is 34.4 Å². The molecule has 0 spiro atoms. The number of nitrogens with zero attached hydrogens (tertiary/aromatic N) is 2. The van der Waals surface area contributed by atoms with E-state index in [1.165, 1.54) is 41.5 Å². The molecule has 1 atom stereocenters. The monoisotopic (exact) mass is 591 g/mol. The van der Waals surface area contributed by atoms with Gasteiger partial charge >= 0.3 is 5.97 Å². The zero-order valence-corrected chi connectivity index (χ0v) is 25.0. The largest absolute Gasteiger partial charge is 0.497 e. The van der Waals surface area contributed by atoms with Crippen LogP contribution in [0.3, 0.4) is 0 Å². The van der Waals surface area contributed by atoms with Gasteiger partial charge in [-0.05, 0) is 55.9 Å². The fraction of sp³-hybridized carbons (Fsp3) is 0.481. The quantitative estimate of drug-likeness (QED) is 0.258. The zero-order valence-electron chi connectivity index (χ0n) is 22.5. The van der Waals surface area contributed by atoms with Crippen molar-refractivity contribution in [2.75, 3.05) is 44.3 Å². The van der Waals surface area contributed by atoms with Gasteiger partial charge in [0.25, 0.3) is 5.91 Å². The molecule has 2 heterocycles. The standard InChI is InChI=1S/C27H33N3O6S3/c1-5-36-11-10-30-19-9-7-17(34-3)13-21(19)39-27(30)29-23(32)15-37-14-22(31)28-25-24(26(33)35-4)18-8-6-16(2)12-20(18)38-25/h7,9,13,16H,5-6,8,10-12,14-15H2,1-4H3,(H,28,31). The molecule has 0 saturated carbocycles. The lowest BCUT2D eigenvalue weighted by atomic mass is 9.88. The second-order valence-electron chi connectivity index (χ2n) is 9.16. The highest BCUT2D eigenvalue weighted by molar-refractivity contribution is 8.00. The van der Waals surface area contributed by atoms with E-state index < -0.39 is 5.97 Å². The maximum absolute atomic E-state index is 12.7. The van der Waals surface area contributed by atoms with Gasteiger partial charge in [0, 0.05) is 18.0 Å². The first kappa shape index (κ1) is 29.3. The van der Waals surface area contributed by atoms with Gasteiger partial charge in [0.05, 0.1) is 48.1 Å². The molecule has 1 aliphatic rings. The Morgan fingerprint density at radius 1 is 1.21 bits per heavy atom. The molecule has 1 aliphatic carbocycles. The van der Waals surface area contributed by atoms with Gasteiger partial charge in [-0.1, -0.05) is 18.3 Å². The van der Waals surface area contributed by atoms with Crippen LogP contribution in [0, 0.1) is 5.92 Å². The molecule has 0 aliphatic heterocycles. The normalized spacial score (nSPS) is 15.3. The second kappa shape index (κ2) is 13.6. The summed E-state index contributed by atoms with van der Waals surface area (Å²) in [6, 6.07) is 5.75. The predicted octanol–water partition coefficient (Wildman–Crippen LogP) is 4.52. The van der Waals surface area contributed by atoms with Gasteiger partial charge in [-0.2, -0.15) is 4.99 Å². The Bertz CT molecular complexity index is 1420. The van der Waals surface area contributed by atoms with Crippen molar-refractivity contribution in [2.24, 2.45) is 10.9 Å². The number of anilines is 1. The van der Waals surface area contributed by atoms with Crippen molar-refractivity contribution in [2.45, 2.75) is 39.7 Å². The van der Waals surface area contributed by atoms with Crippen molar-refractivity contribution in [3.63, 3.8) is 0 Å². The van der Waals surface area contributed by atoms with Crippen LogP contribution in [-0.4, -0.2) is 61.3 Å². The van der Waals surface area contributed by atoms with Gasteiger partial charge < -0.3 is 24.1 Å². The van der Waals surface area contributed by atoms with E-state index in [-0.39, 0.29) is 23.3 Å². The third-order valence-electron chi connectivity index (χ3n) is 6.39. The number of amides is 2. The Morgan fingerprint density at radius 2 is 2.03 bits per heavy atom. The van der Waals surface area contributed by atoms with Gasteiger partial charge in [-0.15, -0.1) is 23.1 Å². The number of nitrogens with one attached hydrogen (secondary N) is 1. The van der Waals surface area contributed by atoms with Crippen molar-refractivity contribution in [1.82, 2.24) is 4.57 Å². The first-order chi connectivity index (χ1) is 18.8. The predicted molar refractivity (Wildman–Crippen MR) is 156 cm³/mol. The topological polar surface area (TPSA) is 108 Å². The van der Waals surface area contributed by atoms with Gasteiger partial charge in [0.15, 0.2) is 4.80 Å². The number of aromatic nitrogens is 1. The van der Waals surface area contributed by atoms with E-state index in [1.54, 1.807) is 7.11 Å². The van der Waals surface area contributed by atoms with Crippen molar-refractivity contribution in [3.05, 3.63) is 39.0 Å². The second-order valence-corrected chi connectivity index (χ2v) is 12.3. The Hall–Kier alpha value is -2.67. The molecule has 2 amide bonds. The maximum Gasteiger partial charge on any atom is 0.341 e. The van der Waals surface area contributed by atoms with Gasteiger partial charge in [-0.3, -0.25) is 9.59 Å². The number of hydrogen-bond acceptors (Lipinski definition) is 9. The van der Waals surface area contributed by atoms with E-state index >= 15 is 0 Å². The fourth-order valence-corrected chi connectivity index (χ4v) is 7.59. The van der Waals surface area contributed by atoms with Crippen LogP contribution in [0.4, 0.5) is 5.00 Å². The highest BCUT2D eigenvalue weighted by atomic mass is 32.2. The molecule has 0 bridgehead atoms. The molecular formula is C27H33N3O6S3. The highest BCUT2D eigenvalue weighted by Crippen LogP contribution is 2.40. The minimum absolute atomic E-state index is 0.0543. The summed E-state index contributed by atoms with van der Waals surface area (Å²) in [6.07, 6.45) is 2.69. The molecule has 0 radical (unpaired) electrons. The molecule has 12 heteroatoms. The number of thiazole rings is 1. The molecule has 2 aromatic heterocycles. The van der Waals surface area contributed by atoms with Crippen molar-refractivity contribution in [1.29, 1.82) is 0 Å². The summed E-state index contributed by atoms with van der Waals surface area (Å²) in [6.45, 7) is 5.80. The van der Waals surface area contributed by atoms with Crippen molar-refractivity contribution in [3.8, 4) is 5.75 Å². The summed E-state index contributed by atoms with van der Waals surface area (Å²) in [5, 5.41) is 3.40. The van der Waals surface area contributed by atoms with Crippen LogP contribution in [0.1, 0.15) is 41.1 Å². The lowest BCUT2D eigenvalue weighted by Crippen LogP contribution is -2.20. The number of ether oxygens (including phenoxy) is 3. The summed E-state index contributed by atoms with van der Waals surface area (Å²) >= 11 is 4.04. The molecule has 0 saturated heterocycles. The first-order valence-corrected chi connectivity index (χ1v) is 15.6. The average Bonchev–Trinajstić information content (AvgIpc) is 3.44. The minimum Gasteiger partial charge on any atom is -0.497 e. The first-order valence-electron chi connectivity index (χ1n) is 12.8. The molecule has 9 nitrogen and oxygen atoms in total. The number of esters is 1. The van der Waals surface area contributed by atoms with E-state index in [0.29, 0.717) is 41.0 Å². The summed E-state index contributed by atoms with van der Waals surface area (Å²) in [5.74, 6) is 0.358. The Labute approximate surface area is 239 Å². The average molecular weight is 592 g/mol. The fourth-order valence-electron chi connectivity index (χ4n) is 4.47. The van der Waals surface area contributed by atoms with E-state index in [2.05, 4.69) is 17.2 Å². The number of methoxy groups -OCH3 is 2. The molecule has 1 aromatic carbocycles. The van der Waals surface area contributed by atoms with Crippen LogP contribution in [0.2, 0.25) is 0 Å². The summed E-state index contributed by atoms with van der Waals surface area (Å²) in [7, 11) is 2.96. The van der Waals surface area contributed by atoms with Gasteiger partial charge in [-0.25, -0.2) is 4.79 Å². The van der Waals surface area contributed by atoms with Crippen LogP contribution in [0.25, 0.3) is 10.2 Å². The number of fused-ring (bicyclic) bond motifs is 2. The third kappa shape index (κ3) is 7.10. The Balaban J connectivity index is 1.42. The minimum atomic E-state index is -0.433. The molecule has 1 unspecified atom stereocenters. The Kier molecular flexibility index (Phi) is 10.2. The smallest absolute Gasteiger partial charge is 0.341 e. The van der Waals surface area contributed by atoms with E-state index in [1.807, 2.05) is 29.7 Å². The van der Waals surface area contributed by atoms with Crippen LogP contribution in [-0.2, 0) is 38.4 Å². The van der Waals surface area contributed by atoms with E-state index in [9.17, 15) is 14.4 Å². The molecule has 210 valence electrons. The van der Waals surface area contributed by atoms with Crippen LogP contribution < -0.4 is 14.9 Å². The molecule has 3 aromatic rings. The number of hydrogen-bond donors (Lipinski definition) is 1. The summed E-state index contributed by atoms with van der Waals surface area (Å²) in [5.41, 5.74) is 2.40. The van der Waals surface area contributed by atoms with E-state index in [0.717, 1.165) is 45.7 Å².